The molecule has 2 heterocycles. The summed E-state index contributed by atoms with van der Waals surface area (Å²) in [5.41, 5.74) is 0.586. The minimum Gasteiger partial charge on any atom is -0.491 e. The Labute approximate surface area is 128 Å². The van der Waals surface area contributed by atoms with Crippen LogP contribution in [0.3, 0.4) is 0 Å². The van der Waals surface area contributed by atoms with Gasteiger partial charge < -0.3 is 14.1 Å². The molecule has 1 aromatic carbocycles. The van der Waals surface area contributed by atoms with Crippen LogP contribution in [0.15, 0.2) is 47.3 Å². The summed E-state index contributed by atoms with van der Waals surface area (Å²) in [4.78, 5) is 14.0. The van der Waals surface area contributed by atoms with Gasteiger partial charge in [0.15, 0.2) is 11.6 Å². The Balaban J connectivity index is 1.45. The number of halogens is 1. The molecule has 1 atom stereocenters. The topological polar surface area (TPSA) is 42.7 Å². The molecule has 0 saturated carbocycles. The van der Waals surface area contributed by atoms with Crippen LogP contribution in [0, 0.1) is 11.7 Å². The molecular weight excluding hydrogens is 285 g/mol. The molecule has 1 unspecified atom stereocenters. The lowest BCUT2D eigenvalue weighted by molar-refractivity contribution is 0.0784. The molecule has 0 aliphatic carbocycles. The predicted octanol–water partition coefficient (Wildman–Crippen LogP) is 3.35. The molecule has 1 aliphatic heterocycles. The molecule has 0 bridgehead atoms. The van der Waals surface area contributed by atoms with Gasteiger partial charge in [-0.25, -0.2) is 4.39 Å². The highest BCUT2D eigenvalue weighted by Gasteiger charge is 2.27. The number of amides is 1. The predicted molar refractivity (Wildman–Crippen MR) is 79.2 cm³/mol. The van der Waals surface area contributed by atoms with E-state index in [4.69, 9.17) is 9.15 Å². The molecule has 0 radical (unpaired) electrons. The third-order valence-electron chi connectivity index (χ3n) is 3.96. The van der Waals surface area contributed by atoms with Crippen molar-refractivity contribution >= 4 is 5.91 Å². The van der Waals surface area contributed by atoms with E-state index in [1.165, 1.54) is 18.6 Å². The summed E-state index contributed by atoms with van der Waals surface area (Å²) in [5.74, 6) is 0.339. The number of para-hydroxylation sites is 1. The summed E-state index contributed by atoms with van der Waals surface area (Å²) in [6.07, 6.45) is 4.73. The maximum Gasteiger partial charge on any atom is 0.257 e. The number of hydrogen-bond donors (Lipinski definition) is 0. The highest BCUT2D eigenvalue weighted by molar-refractivity contribution is 5.93. The summed E-state index contributed by atoms with van der Waals surface area (Å²) in [5, 5.41) is 0. The van der Waals surface area contributed by atoms with Crippen molar-refractivity contribution < 1.29 is 18.3 Å². The van der Waals surface area contributed by atoms with Crippen LogP contribution in [-0.4, -0.2) is 30.5 Å². The molecule has 1 aromatic heterocycles. The molecule has 3 rings (SSSR count). The van der Waals surface area contributed by atoms with Crippen LogP contribution in [0.2, 0.25) is 0 Å². The molecule has 22 heavy (non-hydrogen) atoms. The molecule has 1 amide bonds. The highest BCUT2D eigenvalue weighted by Crippen LogP contribution is 2.23. The molecule has 0 spiro atoms. The lowest BCUT2D eigenvalue weighted by atomic mass is 10.1. The maximum absolute atomic E-state index is 13.4. The summed E-state index contributed by atoms with van der Waals surface area (Å²) >= 11 is 0. The third-order valence-corrected chi connectivity index (χ3v) is 3.96. The maximum atomic E-state index is 13.4. The molecule has 0 N–H and O–H groups in total. The minimum absolute atomic E-state index is 0.00581. The number of ether oxygens (including phenoxy) is 1. The van der Waals surface area contributed by atoms with Crippen LogP contribution >= 0.6 is 0 Å². The Morgan fingerprint density at radius 3 is 3.00 bits per heavy atom. The van der Waals surface area contributed by atoms with E-state index in [-0.39, 0.29) is 17.5 Å². The molecule has 5 heteroatoms. The number of rotatable bonds is 5. The van der Waals surface area contributed by atoms with Crippen molar-refractivity contribution in [3.05, 3.63) is 54.2 Å². The first-order valence-electron chi connectivity index (χ1n) is 7.43. The van der Waals surface area contributed by atoms with Gasteiger partial charge in [0.2, 0.25) is 0 Å². The van der Waals surface area contributed by atoms with Crippen molar-refractivity contribution in [3.63, 3.8) is 0 Å². The second-order valence-corrected chi connectivity index (χ2v) is 5.49. The van der Waals surface area contributed by atoms with Crippen molar-refractivity contribution in [2.24, 2.45) is 5.92 Å². The van der Waals surface area contributed by atoms with Crippen LogP contribution < -0.4 is 4.74 Å². The number of nitrogens with zero attached hydrogens (tertiary/aromatic N) is 1. The standard InChI is InChI=1S/C17H18FNO3/c18-15-3-1-2-4-16(15)22-10-6-13-5-8-19(11-13)17(20)14-7-9-21-12-14/h1-4,7,9,12-13H,5-6,8,10-11H2. The summed E-state index contributed by atoms with van der Waals surface area (Å²) in [6.45, 7) is 1.92. The molecule has 2 aromatic rings. The second-order valence-electron chi connectivity index (χ2n) is 5.49. The Morgan fingerprint density at radius 2 is 2.23 bits per heavy atom. The highest BCUT2D eigenvalue weighted by atomic mass is 19.1. The van der Waals surface area contributed by atoms with Crippen molar-refractivity contribution in [1.29, 1.82) is 0 Å². The van der Waals surface area contributed by atoms with Crippen molar-refractivity contribution in [3.8, 4) is 5.75 Å². The average molecular weight is 303 g/mol. The normalized spacial score (nSPS) is 17.7. The molecule has 1 saturated heterocycles. The zero-order valence-electron chi connectivity index (χ0n) is 12.2. The monoisotopic (exact) mass is 303 g/mol. The van der Waals surface area contributed by atoms with Gasteiger partial charge in [0.25, 0.3) is 5.91 Å². The average Bonchev–Trinajstić information content (AvgIpc) is 3.20. The van der Waals surface area contributed by atoms with E-state index in [1.807, 2.05) is 4.90 Å². The van der Waals surface area contributed by atoms with Crippen molar-refractivity contribution in [2.75, 3.05) is 19.7 Å². The van der Waals surface area contributed by atoms with Crippen LogP contribution in [0.4, 0.5) is 4.39 Å². The first kappa shape index (κ1) is 14.6. The summed E-state index contributed by atoms with van der Waals surface area (Å²) < 4.78 is 23.8. The molecule has 1 fully saturated rings. The number of furan rings is 1. The zero-order chi connectivity index (χ0) is 15.4. The van der Waals surface area contributed by atoms with Gasteiger partial charge in [0.05, 0.1) is 18.4 Å². The molecule has 116 valence electrons. The first-order chi connectivity index (χ1) is 10.7. The van der Waals surface area contributed by atoms with Gasteiger partial charge in [0.1, 0.15) is 6.26 Å². The first-order valence-corrected chi connectivity index (χ1v) is 7.43. The van der Waals surface area contributed by atoms with E-state index < -0.39 is 0 Å². The van der Waals surface area contributed by atoms with Crippen LogP contribution in [0.5, 0.6) is 5.75 Å². The molecule has 1 aliphatic rings. The van der Waals surface area contributed by atoms with Gasteiger partial charge in [-0.15, -0.1) is 0 Å². The van der Waals surface area contributed by atoms with Crippen LogP contribution in [-0.2, 0) is 0 Å². The van der Waals surface area contributed by atoms with Crippen molar-refractivity contribution in [1.82, 2.24) is 4.90 Å². The van der Waals surface area contributed by atoms with Gasteiger partial charge in [-0.05, 0) is 37.0 Å². The third kappa shape index (κ3) is 3.30. The Kier molecular flexibility index (Phi) is 4.42. The van der Waals surface area contributed by atoms with Gasteiger partial charge in [-0.1, -0.05) is 12.1 Å². The molecular formula is C17H18FNO3. The summed E-state index contributed by atoms with van der Waals surface area (Å²) in [7, 11) is 0. The zero-order valence-corrected chi connectivity index (χ0v) is 12.2. The Bertz CT molecular complexity index is 627. The lowest BCUT2D eigenvalue weighted by Crippen LogP contribution is -2.28. The smallest absolute Gasteiger partial charge is 0.257 e. The minimum atomic E-state index is -0.342. The van der Waals surface area contributed by atoms with Crippen molar-refractivity contribution in [2.45, 2.75) is 12.8 Å². The van der Waals surface area contributed by atoms with E-state index in [2.05, 4.69) is 0 Å². The number of carbonyl (C=O) groups excluding carboxylic acids is 1. The second kappa shape index (κ2) is 6.64. The van der Waals surface area contributed by atoms with E-state index in [0.717, 1.165) is 19.4 Å². The van der Waals surface area contributed by atoms with Crippen LogP contribution in [0.1, 0.15) is 23.2 Å². The summed E-state index contributed by atoms with van der Waals surface area (Å²) in [6, 6.07) is 8.07. The fourth-order valence-electron chi connectivity index (χ4n) is 2.72. The number of carbonyl (C=O) groups is 1. The van der Waals surface area contributed by atoms with Gasteiger partial charge in [-0.2, -0.15) is 0 Å². The lowest BCUT2D eigenvalue weighted by Gasteiger charge is -2.15. The fraction of sp³-hybridized carbons (Fsp3) is 0.353. The largest absolute Gasteiger partial charge is 0.491 e. The van der Waals surface area contributed by atoms with Gasteiger partial charge in [-0.3, -0.25) is 4.79 Å². The fourth-order valence-corrected chi connectivity index (χ4v) is 2.72. The Morgan fingerprint density at radius 1 is 1.36 bits per heavy atom. The van der Waals surface area contributed by atoms with Crippen LogP contribution in [0.25, 0.3) is 0 Å². The quantitative estimate of drug-likeness (QED) is 0.850. The van der Waals surface area contributed by atoms with E-state index in [9.17, 15) is 9.18 Å². The van der Waals surface area contributed by atoms with Gasteiger partial charge >= 0.3 is 0 Å². The number of likely N-dealkylation sites (tertiary alicyclic amines) is 1. The molecule has 4 nitrogen and oxygen atoms in total. The Hall–Kier alpha value is -2.30. The number of hydrogen-bond acceptors (Lipinski definition) is 3. The van der Waals surface area contributed by atoms with E-state index in [1.54, 1.807) is 24.3 Å². The van der Waals surface area contributed by atoms with Gasteiger partial charge in [0, 0.05) is 13.1 Å². The van der Waals surface area contributed by atoms with E-state index in [0.29, 0.717) is 24.6 Å². The van der Waals surface area contributed by atoms with E-state index >= 15 is 0 Å². The number of benzene rings is 1. The SMILES string of the molecule is O=C(c1ccoc1)N1CCC(CCOc2ccccc2F)C1.